The normalized spacial score (nSPS) is 14.8. The summed E-state index contributed by atoms with van der Waals surface area (Å²) in [4.78, 5) is 39.5. The molecule has 1 aromatic heterocycles. The molecule has 1 heterocycles. The van der Waals surface area contributed by atoms with E-state index in [1.807, 2.05) is 39.0 Å². The van der Waals surface area contributed by atoms with Gasteiger partial charge in [-0.05, 0) is 75.9 Å². The molecule has 0 aliphatic heterocycles. The first-order valence-electron chi connectivity index (χ1n) is 9.94. The third-order valence-corrected chi connectivity index (χ3v) is 5.68. The molecule has 0 saturated heterocycles. The smallest absolute Gasteiger partial charge is 0.336 e. The summed E-state index contributed by atoms with van der Waals surface area (Å²) in [6.45, 7) is 7.53. The van der Waals surface area contributed by atoms with E-state index < -0.39 is 11.7 Å². The molecule has 6 nitrogen and oxygen atoms in total. The number of nitrogens with one attached hydrogen (secondary N) is 1. The van der Waals surface area contributed by atoms with Gasteiger partial charge in [-0.25, -0.2) is 9.36 Å². The molecule has 3 aromatic rings. The average Bonchev–Trinajstić information content (AvgIpc) is 3.49. The number of amides is 1. The Morgan fingerprint density at radius 1 is 1.03 bits per heavy atom. The average molecular weight is 391 g/mol. The molecule has 1 atom stereocenters. The highest BCUT2D eigenvalue weighted by atomic mass is 16.2. The van der Waals surface area contributed by atoms with E-state index >= 15 is 0 Å². The number of fused-ring (bicyclic) bond motifs is 1. The van der Waals surface area contributed by atoms with Crippen molar-refractivity contribution >= 4 is 16.8 Å². The van der Waals surface area contributed by atoms with Crippen molar-refractivity contribution in [2.75, 3.05) is 0 Å². The zero-order valence-corrected chi connectivity index (χ0v) is 17.2. The Bertz CT molecular complexity index is 1250. The monoisotopic (exact) mass is 391 g/mol. The Balaban J connectivity index is 2.01. The second kappa shape index (κ2) is 7.03. The molecule has 1 N–H and O–H groups in total. The first-order chi connectivity index (χ1) is 13.8. The highest BCUT2D eigenvalue weighted by Crippen LogP contribution is 2.21. The maximum atomic E-state index is 13.5. The number of hydrogen-bond donors (Lipinski definition) is 1. The number of aromatic nitrogens is 2. The summed E-state index contributed by atoms with van der Waals surface area (Å²) in [7, 11) is 0. The van der Waals surface area contributed by atoms with Crippen molar-refractivity contribution in [2.45, 2.75) is 52.6 Å². The number of aryl methyl sites for hydroxylation is 3. The highest BCUT2D eigenvalue weighted by Gasteiger charge is 2.28. The molecular weight excluding hydrogens is 366 g/mol. The van der Waals surface area contributed by atoms with E-state index in [2.05, 4.69) is 5.32 Å². The Kier molecular flexibility index (Phi) is 4.65. The summed E-state index contributed by atoms with van der Waals surface area (Å²) in [5.41, 5.74) is 3.09. The van der Waals surface area contributed by atoms with Crippen LogP contribution in [0.15, 0.2) is 46.0 Å². The molecule has 0 radical (unpaired) electrons. The van der Waals surface area contributed by atoms with E-state index in [-0.39, 0.29) is 17.5 Å². The van der Waals surface area contributed by atoms with E-state index in [9.17, 15) is 14.4 Å². The molecular formula is C23H25N3O3. The van der Waals surface area contributed by atoms with Gasteiger partial charge in [0.15, 0.2) is 0 Å². The predicted octanol–water partition coefficient (Wildman–Crippen LogP) is 2.92. The number of benzene rings is 2. The van der Waals surface area contributed by atoms with Crippen LogP contribution in [0.4, 0.5) is 0 Å². The van der Waals surface area contributed by atoms with Crippen molar-refractivity contribution in [3.05, 3.63) is 73.9 Å². The number of hydrogen-bond acceptors (Lipinski definition) is 3. The van der Waals surface area contributed by atoms with E-state index in [4.69, 9.17) is 0 Å². The molecule has 4 rings (SSSR count). The summed E-state index contributed by atoms with van der Waals surface area (Å²) in [6.07, 6.45) is 1.94. The topological polar surface area (TPSA) is 73.1 Å². The molecule has 1 aliphatic carbocycles. The molecule has 1 fully saturated rings. The number of carbonyl (C=O) groups is 1. The molecule has 1 saturated carbocycles. The minimum atomic E-state index is -0.730. The molecule has 29 heavy (non-hydrogen) atoms. The third kappa shape index (κ3) is 3.39. The van der Waals surface area contributed by atoms with Gasteiger partial charge in [0.1, 0.15) is 6.04 Å². The van der Waals surface area contributed by atoms with Crippen LogP contribution in [-0.4, -0.2) is 21.1 Å². The number of nitrogens with zero attached hydrogens (tertiary/aromatic N) is 2. The first kappa shape index (κ1) is 19.2. The predicted molar refractivity (Wildman–Crippen MR) is 114 cm³/mol. The fraction of sp³-hybridized carbons (Fsp3) is 0.348. The molecule has 0 unspecified atom stereocenters. The SMILES string of the molecule is Cc1ccc2c(c1)c(=O)n(-c1ccc(C)c(C)c1)c(=O)n2[C@@H](C)C(=O)NC1CC1. The van der Waals surface area contributed by atoms with Gasteiger partial charge < -0.3 is 5.32 Å². The molecule has 0 spiro atoms. The Morgan fingerprint density at radius 3 is 2.41 bits per heavy atom. The zero-order valence-electron chi connectivity index (χ0n) is 17.2. The van der Waals surface area contributed by atoms with Gasteiger partial charge in [0.25, 0.3) is 5.56 Å². The van der Waals surface area contributed by atoms with Crippen LogP contribution < -0.4 is 16.6 Å². The molecule has 2 aromatic carbocycles. The minimum absolute atomic E-state index is 0.194. The Labute approximate surface area is 168 Å². The summed E-state index contributed by atoms with van der Waals surface area (Å²) < 4.78 is 2.61. The lowest BCUT2D eigenvalue weighted by Gasteiger charge is -2.20. The van der Waals surface area contributed by atoms with Crippen LogP contribution in [0.5, 0.6) is 0 Å². The van der Waals surface area contributed by atoms with Gasteiger partial charge >= 0.3 is 5.69 Å². The molecule has 6 heteroatoms. The summed E-state index contributed by atoms with van der Waals surface area (Å²) >= 11 is 0. The van der Waals surface area contributed by atoms with Gasteiger partial charge in [-0.1, -0.05) is 17.7 Å². The second-order valence-corrected chi connectivity index (χ2v) is 8.04. The lowest BCUT2D eigenvalue weighted by molar-refractivity contribution is -0.124. The molecule has 0 bridgehead atoms. The van der Waals surface area contributed by atoms with Gasteiger partial charge in [0.05, 0.1) is 16.6 Å². The van der Waals surface area contributed by atoms with Crippen LogP contribution >= 0.6 is 0 Å². The van der Waals surface area contributed by atoms with E-state index in [1.54, 1.807) is 25.1 Å². The Hall–Kier alpha value is -3.15. The molecule has 1 aliphatic rings. The summed E-state index contributed by atoms with van der Waals surface area (Å²) in [5.74, 6) is -0.207. The fourth-order valence-corrected chi connectivity index (χ4v) is 3.58. The largest absolute Gasteiger partial charge is 0.352 e. The lowest BCUT2D eigenvalue weighted by Crippen LogP contribution is -2.44. The van der Waals surface area contributed by atoms with Crippen LogP contribution in [0, 0.1) is 20.8 Å². The lowest BCUT2D eigenvalue weighted by atomic mass is 10.1. The maximum Gasteiger partial charge on any atom is 0.336 e. The number of rotatable bonds is 4. The summed E-state index contributed by atoms with van der Waals surface area (Å²) in [6, 6.07) is 10.3. The quantitative estimate of drug-likeness (QED) is 0.743. The standard InChI is InChI=1S/C23H25N3O3/c1-13-5-10-20-19(11-13)22(28)26(18-9-6-14(2)15(3)12-18)23(29)25(20)16(4)21(27)24-17-7-8-17/h5-6,9-12,16-17H,7-8H2,1-4H3,(H,24,27)/t16-/m0/s1. The van der Waals surface area contributed by atoms with Crippen LogP contribution in [0.2, 0.25) is 0 Å². The minimum Gasteiger partial charge on any atom is -0.352 e. The van der Waals surface area contributed by atoms with Gasteiger partial charge in [0, 0.05) is 6.04 Å². The van der Waals surface area contributed by atoms with Gasteiger partial charge in [-0.15, -0.1) is 0 Å². The van der Waals surface area contributed by atoms with Gasteiger partial charge in [0.2, 0.25) is 5.91 Å². The van der Waals surface area contributed by atoms with Crippen molar-refractivity contribution < 1.29 is 4.79 Å². The van der Waals surface area contributed by atoms with Gasteiger partial charge in [-0.2, -0.15) is 0 Å². The maximum absolute atomic E-state index is 13.5. The third-order valence-electron chi connectivity index (χ3n) is 5.68. The fourth-order valence-electron chi connectivity index (χ4n) is 3.58. The number of carbonyl (C=O) groups excluding carboxylic acids is 1. The van der Waals surface area contributed by atoms with Crippen molar-refractivity contribution in [3.8, 4) is 5.69 Å². The van der Waals surface area contributed by atoms with Crippen molar-refractivity contribution in [3.63, 3.8) is 0 Å². The van der Waals surface area contributed by atoms with Crippen molar-refractivity contribution in [2.24, 2.45) is 0 Å². The second-order valence-electron chi connectivity index (χ2n) is 8.04. The molecule has 150 valence electrons. The van der Waals surface area contributed by atoms with Crippen LogP contribution in [0.3, 0.4) is 0 Å². The zero-order chi connectivity index (χ0) is 20.9. The van der Waals surface area contributed by atoms with Crippen LogP contribution in [0.1, 0.15) is 42.5 Å². The Morgan fingerprint density at radius 2 is 1.76 bits per heavy atom. The first-order valence-corrected chi connectivity index (χ1v) is 9.94. The van der Waals surface area contributed by atoms with Crippen LogP contribution in [0.25, 0.3) is 16.6 Å². The highest BCUT2D eigenvalue weighted by molar-refractivity contribution is 5.85. The van der Waals surface area contributed by atoms with Crippen molar-refractivity contribution in [1.82, 2.24) is 14.5 Å². The summed E-state index contributed by atoms with van der Waals surface area (Å²) in [5, 5.41) is 3.38. The molecule has 1 amide bonds. The van der Waals surface area contributed by atoms with E-state index in [0.29, 0.717) is 16.6 Å². The van der Waals surface area contributed by atoms with E-state index in [1.165, 1.54) is 9.13 Å². The van der Waals surface area contributed by atoms with Crippen LogP contribution in [-0.2, 0) is 4.79 Å². The van der Waals surface area contributed by atoms with Gasteiger partial charge in [-0.3, -0.25) is 14.2 Å². The van der Waals surface area contributed by atoms with E-state index in [0.717, 1.165) is 29.5 Å². The van der Waals surface area contributed by atoms with Crippen molar-refractivity contribution in [1.29, 1.82) is 0 Å².